The molecule has 0 bridgehead atoms. The molecule has 0 saturated heterocycles. The molecule has 7 heteroatoms. The van der Waals surface area contributed by atoms with Gasteiger partial charge in [-0.3, -0.25) is 14.8 Å². The molecule has 0 aliphatic rings. The zero-order chi connectivity index (χ0) is 13.0. The third-order valence-corrected chi connectivity index (χ3v) is 2.46. The summed E-state index contributed by atoms with van der Waals surface area (Å²) in [5.41, 5.74) is 6.77. The number of rotatable bonds is 5. The Balaban J connectivity index is 1.95. The number of anilines is 2. The van der Waals surface area contributed by atoms with Gasteiger partial charge >= 0.3 is 0 Å². The van der Waals surface area contributed by atoms with E-state index >= 15 is 0 Å². The van der Waals surface area contributed by atoms with Crippen LogP contribution >= 0.6 is 0 Å². The van der Waals surface area contributed by atoms with Crippen molar-refractivity contribution in [3.8, 4) is 0 Å². The van der Waals surface area contributed by atoms with Gasteiger partial charge in [0.25, 0.3) is 5.69 Å². The lowest BCUT2D eigenvalue weighted by Crippen LogP contribution is -2.11. The number of nitro benzene ring substituents is 1. The molecule has 3 N–H and O–H groups in total. The molecule has 0 unspecified atom stereocenters. The molecular formula is C11H13N5O2. The van der Waals surface area contributed by atoms with Crippen molar-refractivity contribution in [2.45, 2.75) is 6.54 Å². The highest BCUT2D eigenvalue weighted by Gasteiger charge is 2.08. The van der Waals surface area contributed by atoms with Crippen molar-refractivity contribution in [2.24, 2.45) is 0 Å². The van der Waals surface area contributed by atoms with E-state index in [1.54, 1.807) is 16.9 Å². The largest absolute Gasteiger partial charge is 0.397 e. The Bertz CT molecular complexity index is 538. The van der Waals surface area contributed by atoms with Crippen molar-refractivity contribution in [3.63, 3.8) is 0 Å². The van der Waals surface area contributed by atoms with E-state index < -0.39 is 4.92 Å². The van der Waals surface area contributed by atoms with Gasteiger partial charge in [0.1, 0.15) is 0 Å². The number of nitrogens with zero attached hydrogens (tertiary/aromatic N) is 3. The number of aromatic nitrogens is 2. The van der Waals surface area contributed by atoms with Crippen LogP contribution in [0.2, 0.25) is 0 Å². The predicted molar refractivity (Wildman–Crippen MR) is 68.2 cm³/mol. The SMILES string of the molecule is Nc1cc([N+](=O)[O-])ccc1NCCn1cccn1. The molecule has 94 valence electrons. The summed E-state index contributed by atoms with van der Waals surface area (Å²) in [6.07, 6.45) is 3.57. The van der Waals surface area contributed by atoms with Gasteiger partial charge in [0.05, 0.1) is 22.8 Å². The zero-order valence-corrected chi connectivity index (χ0v) is 9.61. The van der Waals surface area contributed by atoms with Crippen LogP contribution in [0.5, 0.6) is 0 Å². The third kappa shape index (κ3) is 2.76. The van der Waals surface area contributed by atoms with E-state index in [0.29, 0.717) is 24.5 Å². The van der Waals surface area contributed by atoms with E-state index in [4.69, 9.17) is 5.73 Å². The Morgan fingerprint density at radius 3 is 2.94 bits per heavy atom. The van der Waals surface area contributed by atoms with E-state index in [9.17, 15) is 10.1 Å². The molecular weight excluding hydrogens is 234 g/mol. The van der Waals surface area contributed by atoms with Gasteiger partial charge in [-0.25, -0.2) is 0 Å². The Hall–Kier alpha value is -2.57. The number of nitrogens with two attached hydrogens (primary N) is 1. The second kappa shape index (κ2) is 5.17. The lowest BCUT2D eigenvalue weighted by atomic mass is 10.2. The normalized spacial score (nSPS) is 10.2. The summed E-state index contributed by atoms with van der Waals surface area (Å²) < 4.78 is 1.79. The summed E-state index contributed by atoms with van der Waals surface area (Å²) in [6.45, 7) is 1.34. The van der Waals surface area contributed by atoms with E-state index in [-0.39, 0.29) is 5.69 Å². The highest BCUT2D eigenvalue weighted by atomic mass is 16.6. The number of nitrogen functional groups attached to an aromatic ring is 1. The first kappa shape index (κ1) is 11.9. The fourth-order valence-electron chi connectivity index (χ4n) is 1.56. The summed E-state index contributed by atoms with van der Waals surface area (Å²) in [6, 6.07) is 6.22. The van der Waals surface area contributed by atoms with Gasteiger partial charge in [-0.2, -0.15) is 5.10 Å². The second-order valence-electron chi connectivity index (χ2n) is 3.72. The predicted octanol–water partition coefficient (Wildman–Crippen LogP) is 1.49. The van der Waals surface area contributed by atoms with E-state index in [2.05, 4.69) is 10.4 Å². The molecule has 1 aromatic heterocycles. The van der Waals surface area contributed by atoms with E-state index in [1.807, 2.05) is 12.3 Å². The molecule has 0 radical (unpaired) electrons. The minimum Gasteiger partial charge on any atom is -0.397 e. The molecule has 2 aromatic rings. The third-order valence-electron chi connectivity index (χ3n) is 2.46. The van der Waals surface area contributed by atoms with Crippen molar-refractivity contribution in [3.05, 3.63) is 46.8 Å². The molecule has 0 spiro atoms. The van der Waals surface area contributed by atoms with Crippen molar-refractivity contribution in [1.29, 1.82) is 0 Å². The van der Waals surface area contributed by atoms with Gasteiger partial charge in [-0.15, -0.1) is 0 Å². The minimum absolute atomic E-state index is 0.00914. The van der Waals surface area contributed by atoms with Gasteiger partial charge in [0.2, 0.25) is 0 Å². The average molecular weight is 247 g/mol. The number of benzene rings is 1. The van der Waals surface area contributed by atoms with Crippen LogP contribution in [0.4, 0.5) is 17.1 Å². The summed E-state index contributed by atoms with van der Waals surface area (Å²) in [4.78, 5) is 10.1. The highest BCUT2D eigenvalue weighted by Crippen LogP contribution is 2.23. The first-order chi connectivity index (χ1) is 8.66. The Labute approximate surface area is 103 Å². The van der Waals surface area contributed by atoms with Crippen molar-refractivity contribution >= 4 is 17.1 Å². The molecule has 0 saturated carbocycles. The van der Waals surface area contributed by atoms with Crippen LogP contribution in [0.15, 0.2) is 36.7 Å². The molecule has 1 heterocycles. The molecule has 0 fully saturated rings. The van der Waals surface area contributed by atoms with Crippen molar-refractivity contribution in [2.75, 3.05) is 17.6 Å². The molecule has 0 aliphatic carbocycles. The lowest BCUT2D eigenvalue weighted by Gasteiger charge is -2.09. The monoisotopic (exact) mass is 247 g/mol. The first-order valence-electron chi connectivity index (χ1n) is 5.42. The maximum absolute atomic E-state index is 10.6. The fraction of sp³-hybridized carbons (Fsp3) is 0.182. The number of nitro groups is 1. The van der Waals surface area contributed by atoms with E-state index in [1.165, 1.54) is 12.1 Å². The van der Waals surface area contributed by atoms with Gasteiger partial charge < -0.3 is 11.1 Å². The summed E-state index contributed by atoms with van der Waals surface area (Å²) in [5.74, 6) is 0. The summed E-state index contributed by atoms with van der Waals surface area (Å²) in [5, 5.41) is 17.7. The maximum Gasteiger partial charge on any atom is 0.271 e. The molecule has 0 aliphatic heterocycles. The molecule has 18 heavy (non-hydrogen) atoms. The molecule has 1 aromatic carbocycles. The Kier molecular flexibility index (Phi) is 3.42. The quantitative estimate of drug-likeness (QED) is 0.473. The maximum atomic E-state index is 10.6. The van der Waals surface area contributed by atoms with Crippen LogP contribution in [0, 0.1) is 10.1 Å². The Morgan fingerprint density at radius 2 is 2.33 bits per heavy atom. The van der Waals surface area contributed by atoms with Gasteiger partial charge in [0.15, 0.2) is 0 Å². The fourth-order valence-corrected chi connectivity index (χ4v) is 1.56. The smallest absolute Gasteiger partial charge is 0.271 e. The topological polar surface area (TPSA) is 99.0 Å². The lowest BCUT2D eigenvalue weighted by molar-refractivity contribution is -0.384. The highest BCUT2D eigenvalue weighted by molar-refractivity contribution is 5.69. The Morgan fingerprint density at radius 1 is 1.50 bits per heavy atom. The van der Waals surface area contributed by atoms with Gasteiger partial charge in [0, 0.05) is 31.1 Å². The first-order valence-corrected chi connectivity index (χ1v) is 5.42. The van der Waals surface area contributed by atoms with Crippen LogP contribution in [0.25, 0.3) is 0 Å². The van der Waals surface area contributed by atoms with E-state index in [0.717, 1.165) is 0 Å². The van der Waals surface area contributed by atoms with Crippen molar-refractivity contribution in [1.82, 2.24) is 9.78 Å². The van der Waals surface area contributed by atoms with Gasteiger partial charge in [-0.05, 0) is 12.1 Å². The summed E-state index contributed by atoms with van der Waals surface area (Å²) in [7, 11) is 0. The number of non-ortho nitro benzene ring substituents is 1. The number of hydrogen-bond acceptors (Lipinski definition) is 5. The zero-order valence-electron chi connectivity index (χ0n) is 9.61. The molecule has 7 nitrogen and oxygen atoms in total. The molecule has 0 atom stereocenters. The van der Waals surface area contributed by atoms with Crippen LogP contribution in [0.3, 0.4) is 0 Å². The molecule has 2 rings (SSSR count). The van der Waals surface area contributed by atoms with Gasteiger partial charge in [-0.1, -0.05) is 0 Å². The summed E-state index contributed by atoms with van der Waals surface area (Å²) >= 11 is 0. The van der Waals surface area contributed by atoms with Crippen LogP contribution in [-0.2, 0) is 6.54 Å². The molecule has 0 amide bonds. The minimum atomic E-state index is -0.468. The van der Waals surface area contributed by atoms with Crippen molar-refractivity contribution < 1.29 is 4.92 Å². The van der Waals surface area contributed by atoms with Crippen LogP contribution in [-0.4, -0.2) is 21.2 Å². The van der Waals surface area contributed by atoms with Crippen LogP contribution < -0.4 is 11.1 Å². The second-order valence-corrected chi connectivity index (χ2v) is 3.72. The number of nitrogens with one attached hydrogen (secondary N) is 1. The average Bonchev–Trinajstić information content (AvgIpc) is 2.84. The van der Waals surface area contributed by atoms with Crippen LogP contribution in [0.1, 0.15) is 0 Å². The standard InChI is InChI=1S/C11H13N5O2/c12-10-8-9(16(17)18)2-3-11(10)13-5-7-15-6-1-4-14-15/h1-4,6,8,13H,5,7,12H2. The number of hydrogen-bond donors (Lipinski definition) is 2.